The van der Waals surface area contributed by atoms with Crippen LogP contribution < -0.4 is 0 Å². The third-order valence-corrected chi connectivity index (χ3v) is 5.54. The second-order valence-corrected chi connectivity index (χ2v) is 7.96. The predicted molar refractivity (Wildman–Crippen MR) is 90.3 cm³/mol. The highest BCUT2D eigenvalue weighted by molar-refractivity contribution is 7.88. The van der Waals surface area contributed by atoms with Crippen LogP contribution in [0, 0.1) is 0 Å². The van der Waals surface area contributed by atoms with E-state index in [-0.39, 0.29) is 0 Å². The van der Waals surface area contributed by atoms with E-state index in [1.165, 1.54) is 22.6 Å². The molecule has 118 valence electrons. The molecule has 0 atom stereocenters. The molecule has 0 radical (unpaired) electrons. The average Bonchev–Trinajstić information content (AvgIpc) is 2.72. The van der Waals surface area contributed by atoms with Gasteiger partial charge in [0.1, 0.15) is 0 Å². The van der Waals surface area contributed by atoms with E-state index in [1.807, 2.05) is 0 Å². The minimum absolute atomic E-state index is 0.590. The number of nitrogens with zero attached hydrogens (tertiary/aromatic N) is 2. The zero-order chi connectivity index (χ0) is 15.6. The fourth-order valence-corrected chi connectivity index (χ4v) is 3.91. The van der Waals surface area contributed by atoms with Crippen molar-refractivity contribution < 1.29 is 8.42 Å². The second-order valence-electron chi connectivity index (χ2n) is 5.97. The molecule has 0 aromatic heterocycles. The minimum Gasteiger partial charge on any atom is -0.298 e. The van der Waals surface area contributed by atoms with Gasteiger partial charge in [-0.3, -0.25) is 4.90 Å². The van der Waals surface area contributed by atoms with Crippen LogP contribution in [0.3, 0.4) is 0 Å². The molecule has 2 aromatic carbocycles. The lowest BCUT2D eigenvalue weighted by Crippen LogP contribution is -2.34. The van der Waals surface area contributed by atoms with Crippen molar-refractivity contribution in [3.05, 3.63) is 48.0 Å². The number of hydrogen-bond donors (Lipinski definition) is 0. The number of fused-ring (bicyclic) bond motifs is 1. The highest BCUT2D eigenvalue weighted by atomic mass is 32.2. The topological polar surface area (TPSA) is 40.6 Å². The van der Waals surface area contributed by atoms with Crippen LogP contribution in [0.4, 0.5) is 0 Å². The summed E-state index contributed by atoms with van der Waals surface area (Å²) in [6, 6.07) is 14.9. The molecule has 0 spiro atoms. The Morgan fingerprint density at radius 2 is 1.73 bits per heavy atom. The van der Waals surface area contributed by atoms with Gasteiger partial charge in [-0.15, -0.1) is 0 Å². The lowest BCUT2D eigenvalue weighted by molar-refractivity contribution is 0.279. The van der Waals surface area contributed by atoms with Crippen LogP contribution in [0.25, 0.3) is 10.8 Å². The Morgan fingerprint density at radius 3 is 2.50 bits per heavy atom. The van der Waals surface area contributed by atoms with Crippen LogP contribution in [0.5, 0.6) is 0 Å². The number of benzene rings is 2. The molecule has 1 saturated heterocycles. The Bertz CT molecular complexity index is 758. The van der Waals surface area contributed by atoms with Gasteiger partial charge in [0, 0.05) is 26.2 Å². The van der Waals surface area contributed by atoms with E-state index in [2.05, 4.69) is 47.4 Å². The molecule has 0 bridgehead atoms. The van der Waals surface area contributed by atoms with E-state index in [0.717, 1.165) is 26.1 Å². The first-order valence-electron chi connectivity index (χ1n) is 7.67. The van der Waals surface area contributed by atoms with Crippen molar-refractivity contribution in [2.45, 2.75) is 13.0 Å². The normalized spacial score (nSPS) is 18.4. The monoisotopic (exact) mass is 318 g/mol. The minimum atomic E-state index is -3.07. The van der Waals surface area contributed by atoms with Crippen LogP contribution in [0.1, 0.15) is 12.0 Å². The number of sulfonamides is 1. The summed E-state index contributed by atoms with van der Waals surface area (Å²) in [4.78, 5) is 2.34. The first kappa shape index (κ1) is 15.5. The average molecular weight is 318 g/mol. The van der Waals surface area contributed by atoms with E-state index in [1.54, 1.807) is 4.31 Å². The smallest absolute Gasteiger partial charge is 0.211 e. The van der Waals surface area contributed by atoms with Crippen molar-refractivity contribution in [1.29, 1.82) is 0 Å². The van der Waals surface area contributed by atoms with Gasteiger partial charge in [-0.2, -0.15) is 0 Å². The molecular formula is C17H22N2O2S. The Balaban J connectivity index is 1.69. The molecule has 22 heavy (non-hydrogen) atoms. The van der Waals surface area contributed by atoms with Crippen molar-refractivity contribution in [1.82, 2.24) is 9.21 Å². The Morgan fingerprint density at radius 1 is 0.955 bits per heavy atom. The van der Waals surface area contributed by atoms with Crippen molar-refractivity contribution in [3.63, 3.8) is 0 Å². The van der Waals surface area contributed by atoms with Crippen LogP contribution in [0.15, 0.2) is 42.5 Å². The SMILES string of the molecule is CS(=O)(=O)N1CCCN(Cc2ccc3ccccc3c2)CC1. The summed E-state index contributed by atoms with van der Waals surface area (Å²) in [5, 5.41) is 2.51. The van der Waals surface area contributed by atoms with Gasteiger partial charge >= 0.3 is 0 Å². The molecule has 3 rings (SSSR count). The van der Waals surface area contributed by atoms with Crippen LogP contribution in [0.2, 0.25) is 0 Å². The van der Waals surface area contributed by atoms with E-state index < -0.39 is 10.0 Å². The van der Waals surface area contributed by atoms with Crippen LogP contribution >= 0.6 is 0 Å². The van der Waals surface area contributed by atoms with E-state index in [9.17, 15) is 8.42 Å². The lowest BCUT2D eigenvalue weighted by Gasteiger charge is -2.21. The molecule has 1 aliphatic heterocycles. The number of rotatable bonds is 3. The van der Waals surface area contributed by atoms with Gasteiger partial charge in [0.15, 0.2) is 0 Å². The lowest BCUT2D eigenvalue weighted by atomic mass is 10.1. The molecule has 0 amide bonds. The molecule has 1 fully saturated rings. The molecule has 0 unspecified atom stereocenters. The second kappa shape index (κ2) is 6.36. The maximum Gasteiger partial charge on any atom is 0.211 e. The Kier molecular flexibility index (Phi) is 4.47. The maximum atomic E-state index is 11.7. The van der Waals surface area contributed by atoms with Gasteiger partial charge in [0.05, 0.1) is 6.26 Å². The number of hydrogen-bond acceptors (Lipinski definition) is 3. The molecule has 4 nitrogen and oxygen atoms in total. The fourth-order valence-electron chi connectivity index (χ4n) is 3.03. The van der Waals surface area contributed by atoms with Crippen LogP contribution in [-0.2, 0) is 16.6 Å². The molecular weight excluding hydrogens is 296 g/mol. The van der Waals surface area contributed by atoms with Crippen molar-refractivity contribution in [3.8, 4) is 0 Å². The largest absolute Gasteiger partial charge is 0.298 e. The first-order chi connectivity index (χ1) is 10.5. The molecule has 0 aliphatic carbocycles. The third-order valence-electron chi connectivity index (χ3n) is 4.24. The summed E-state index contributed by atoms with van der Waals surface area (Å²) in [7, 11) is -3.07. The van der Waals surface area contributed by atoms with Gasteiger partial charge in [-0.1, -0.05) is 36.4 Å². The molecule has 1 aliphatic rings. The summed E-state index contributed by atoms with van der Waals surface area (Å²) in [5.74, 6) is 0. The predicted octanol–water partition coefficient (Wildman–Crippen LogP) is 2.31. The van der Waals surface area contributed by atoms with E-state index in [4.69, 9.17) is 0 Å². The molecule has 0 N–H and O–H groups in total. The summed E-state index contributed by atoms with van der Waals surface area (Å²) in [6.07, 6.45) is 2.19. The van der Waals surface area contributed by atoms with Gasteiger partial charge < -0.3 is 0 Å². The summed E-state index contributed by atoms with van der Waals surface area (Å²) < 4.78 is 24.9. The quantitative estimate of drug-likeness (QED) is 0.872. The summed E-state index contributed by atoms with van der Waals surface area (Å²) in [5.41, 5.74) is 1.28. The van der Waals surface area contributed by atoms with E-state index >= 15 is 0 Å². The Hall–Kier alpha value is -1.43. The molecule has 0 saturated carbocycles. The summed E-state index contributed by atoms with van der Waals surface area (Å²) in [6.45, 7) is 3.83. The Labute approximate surface area is 132 Å². The fraction of sp³-hybridized carbons (Fsp3) is 0.412. The van der Waals surface area contributed by atoms with Gasteiger partial charge in [-0.05, 0) is 35.4 Å². The van der Waals surface area contributed by atoms with Crippen molar-refractivity contribution in [2.24, 2.45) is 0 Å². The standard InChI is InChI=1S/C17H22N2O2S/c1-22(20,21)19-10-4-9-18(11-12-19)14-15-7-8-16-5-2-3-6-17(16)13-15/h2-3,5-8,13H,4,9-12,14H2,1H3. The molecule has 2 aromatic rings. The highest BCUT2D eigenvalue weighted by Crippen LogP contribution is 2.17. The van der Waals surface area contributed by atoms with Gasteiger partial charge in [0.25, 0.3) is 0 Å². The highest BCUT2D eigenvalue weighted by Gasteiger charge is 2.21. The van der Waals surface area contributed by atoms with Crippen LogP contribution in [-0.4, -0.2) is 50.1 Å². The van der Waals surface area contributed by atoms with Gasteiger partial charge in [-0.25, -0.2) is 12.7 Å². The first-order valence-corrected chi connectivity index (χ1v) is 9.52. The summed E-state index contributed by atoms with van der Waals surface area (Å²) >= 11 is 0. The molecule has 5 heteroatoms. The zero-order valence-corrected chi connectivity index (χ0v) is 13.7. The zero-order valence-electron chi connectivity index (χ0n) is 12.9. The van der Waals surface area contributed by atoms with E-state index in [0.29, 0.717) is 13.1 Å². The maximum absolute atomic E-state index is 11.7. The van der Waals surface area contributed by atoms with Gasteiger partial charge in [0.2, 0.25) is 10.0 Å². The van der Waals surface area contributed by atoms with Crippen molar-refractivity contribution in [2.75, 3.05) is 32.4 Å². The third kappa shape index (κ3) is 3.66. The molecule has 1 heterocycles. The van der Waals surface area contributed by atoms with Crippen molar-refractivity contribution >= 4 is 20.8 Å².